The van der Waals surface area contributed by atoms with Crippen LogP contribution in [0.3, 0.4) is 0 Å². The smallest absolute Gasteiger partial charge is 0.251 e. The van der Waals surface area contributed by atoms with Gasteiger partial charge < -0.3 is 5.32 Å². The van der Waals surface area contributed by atoms with Gasteiger partial charge in [-0.15, -0.1) is 0 Å². The lowest BCUT2D eigenvalue weighted by Gasteiger charge is -2.19. The first-order valence-corrected chi connectivity index (χ1v) is 5.88. The molecule has 1 N–H and O–H groups in total. The van der Waals surface area contributed by atoms with Crippen LogP contribution in [0.2, 0.25) is 0 Å². The van der Waals surface area contributed by atoms with Gasteiger partial charge >= 0.3 is 0 Å². The number of rotatable bonds is 2. The van der Waals surface area contributed by atoms with Crippen molar-refractivity contribution in [2.75, 3.05) is 0 Å². The van der Waals surface area contributed by atoms with Crippen LogP contribution in [-0.4, -0.2) is 11.9 Å². The Labute approximate surface area is 97.1 Å². The highest BCUT2D eigenvalue weighted by atomic mass is 16.1. The Kier molecular flexibility index (Phi) is 2.75. The third-order valence-electron chi connectivity index (χ3n) is 2.93. The minimum atomic E-state index is 0.0583. The lowest BCUT2D eigenvalue weighted by Crippen LogP contribution is -2.25. The van der Waals surface area contributed by atoms with E-state index in [2.05, 4.69) is 26.1 Å². The van der Waals surface area contributed by atoms with Crippen LogP contribution in [0.1, 0.15) is 49.5 Å². The molecule has 0 aliphatic heterocycles. The Hall–Kier alpha value is -1.31. The zero-order valence-corrected chi connectivity index (χ0v) is 10.2. The first-order valence-electron chi connectivity index (χ1n) is 5.88. The number of nitrogens with one attached hydrogen (secondary N) is 1. The van der Waals surface area contributed by atoms with E-state index in [0.717, 1.165) is 18.4 Å². The van der Waals surface area contributed by atoms with Crippen LogP contribution < -0.4 is 5.32 Å². The average molecular weight is 217 g/mol. The second-order valence-electron chi connectivity index (χ2n) is 5.58. The Morgan fingerprint density at radius 3 is 2.19 bits per heavy atom. The molecule has 1 aromatic rings. The van der Waals surface area contributed by atoms with Gasteiger partial charge in [0.15, 0.2) is 0 Å². The molecule has 0 atom stereocenters. The van der Waals surface area contributed by atoms with Crippen LogP contribution in [0.15, 0.2) is 24.3 Å². The van der Waals surface area contributed by atoms with E-state index >= 15 is 0 Å². The zero-order valence-electron chi connectivity index (χ0n) is 10.2. The van der Waals surface area contributed by atoms with Crippen LogP contribution in [0, 0.1) is 0 Å². The summed E-state index contributed by atoms with van der Waals surface area (Å²) in [5, 5.41) is 2.99. The predicted molar refractivity (Wildman–Crippen MR) is 65.6 cm³/mol. The molecule has 2 rings (SSSR count). The molecule has 86 valence electrons. The van der Waals surface area contributed by atoms with E-state index in [9.17, 15) is 4.79 Å². The molecule has 1 aromatic carbocycles. The number of hydrogen-bond donors (Lipinski definition) is 1. The summed E-state index contributed by atoms with van der Waals surface area (Å²) in [4.78, 5) is 11.7. The summed E-state index contributed by atoms with van der Waals surface area (Å²) in [6.07, 6.45) is 2.26. The van der Waals surface area contributed by atoms with Crippen molar-refractivity contribution in [3.05, 3.63) is 35.4 Å². The molecule has 0 unspecified atom stereocenters. The van der Waals surface area contributed by atoms with E-state index in [1.807, 2.05) is 24.3 Å². The van der Waals surface area contributed by atoms with E-state index in [1.165, 1.54) is 5.56 Å². The summed E-state index contributed by atoms with van der Waals surface area (Å²) >= 11 is 0. The number of carbonyl (C=O) groups excluding carboxylic acids is 1. The molecule has 1 fully saturated rings. The predicted octanol–water partition coefficient (Wildman–Crippen LogP) is 2.88. The lowest BCUT2D eigenvalue weighted by molar-refractivity contribution is 0.0951. The van der Waals surface area contributed by atoms with Crippen molar-refractivity contribution in [2.45, 2.75) is 45.1 Å². The molecule has 0 spiro atoms. The number of amides is 1. The van der Waals surface area contributed by atoms with Crippen molar-refractivity contribution < 1.29 is 4.79 Å². The molecule has 0 heterocycles. The van der Waals surface area contributed by atoms with Crippen LogP contribution in [0.4, 0.5) is 0 Å². The molecule has 0 radical (unpaired) electrons. The van der Waals surface area contributed by atoms with Crippen molar-refractivity contribution in [1.29, 1.82) is 0 Å². The van der Waals surface area contributed by atoms with E-state index in [1.54, 1.807) is 0 Å². The molecule has 0 saturated heterocycles. The molecule has 1 saturated carbocycles. The highest BCUT2D eigenvalue weighted by Crippen LogP contribution is 2.23. The summed E-state index contributed by atoms with van der Waals surface area (Å²) in [5.74, 6) is 0.0583. The third kappa shape index (κ3) is 2.63. The second-order valence-corrected chi connectivity index (χ2v) is 5.58. The van der Waals surface area contributed by atoms with Crippen molar-refractivity contribution in [3.8, 4) is 0 Å². The standard InChI is InChI=1S/C14H19NO/c1-14(2,3)11-6-4-10(5-7-11)13(16)15-12-8-9-12/h4-7,12H,8-9H2,1-3H3,(H,15,16). The monoisotopic (exact) mass is 217 g/mol. The van der Waals surface area contributed by atoms with Gasteiger partial charge in [-0.2, -0.15) is 0 Å². The van der Waals surface area contributed by atoms with Crippen LogP contribution >= 0.6 is 0 Å². The maximum atomic E-state index is 11.7. The van der Waals surface area contributed by atoms with Crippen molar-refractivity contribution in [2.24, 2.45) is 0 Å². The average Bonchev–Trinajstić information content (AvgIpc) is 3.00. The maximum absolute atomic E-state index is 11.7. The van der Waals surface area contributed by atoms with Gasteiger partial charge in [0.25, 0.3) is 5.91 Å². The van der Waals surface area contributed by atoms with Gasteiger partial charge in [0.1, 0.15) is 0 Å². The van der Waals surface area contributed by atoms with Crippen LogP contribution in [0.25, 0.3) is 0 Å². The number of carbonyl (C=O) groups is 1. The summed E-state index contributed by atoms with van der Waals surface area (Å²) in [5.41, 5.74) is 2.17. The Morgan fingerprint density at radius 1 is 1.19 bits per heavy atom. The largest absolute Gasteiger partial charge is 0.349 e. The topological polar surface area (TPSA) is 29.1 Å². The van der Waals surface area contributed by atoms with Crippen LogP contribution in [-0.2, 0) is 5.41 Å². The van der Waals surface area contributed by atoms with Crippen molar-refractivity contribution >= 4 is 5.91 Å². The van der Waals surface area contributed by atoms with Gasteiger partial charge in [-0.25, -0.2) is 0 Å². The quantitative estimate of drug-likeness (QED) is 0.811. The second kappa shape index (κ2) is 3.93. The molecule has 16 heavy (non-hydrogen) atoms. The van der Waals surface area contributed by atoms with Gasteiger partial charge in [-0.05, 0) is 36.0 Å². The van der Waals surface area contributed by atoms with Crippen LogP contribution in [0.5, 0.6) is 0 Å². The normalized spacial score (nSPS) is 15.9. The van der Waals surface area contributed by atoms with Crippen molar-refractivity contribution in [3.63, 3.8) is 0 Å². The molecule has 0 bridgehead atoms. The third-order valence-corrected chi connectivity index (χ3v) is 2.93. The van der Waals surface area contributed by atoms with E-state index < -0.39 is 0 Å². The lowest BCUT2D eigenvalue weighted by atomic mass is 9.87. The summed E-state index contributed by atoms with van der Waals surface area (Å²) < 4.78 is 0. The SMILES string of the molecule is CC(C)(C)c1ccc(C(=O)NC2CC2)cc1. The maximum Gasteiger partial charge on any atom is 0.251 e. The van der Waals surface area contributed by atoms with Gasteiger partial charge in [0.2, 0.25) is 0 Å². The Morgan fingerprint density at radius 2 is 1.75 bits per heavy atom. The van der Waals surface area contributed by atoms with Gasteiger partial charge in [0.05, 0.1) is 0 Å². The number of benzene rings is 1. The highest BCUT2D eigenvalue weighted by Gasteiger charge is 2.23. The molecular weight excluding hydrogens is 198 g/mol. The fourth-order valence-corrected chi connectivity index (χ4v) is 1.62. The summed E-state index contributed by atoms with van der Waals surface area (Å²) in [7, 11) is 0. The highest BCUT2D eigenvalue weighted by molar-refractivity contribution is 5.94. The fourth-order valence-electron chi connectivity index (χ4n) is 1.62. The van der Waals surface area contributed by atoms with Crippen molar-refractivity contribution in [1.82, 2.24) is 5.32 Å². The molecule has 1 aliphatic carbocycles. The molecule has 1 amide bonds. The Bertz CT molecular complexity index is 382. The van der Waals surface area contributed by atoms with Gasteiger partial charge in [-0.3, -0.25) is 4.79 Å². The molecule has 2 nitrogen and oxygen atoms in total. The Balaban J connectivity index is 2.09. The molecule has 0 aromatic heterocycles. The zero-order chi connectivity index (χ0) is 11.8. The van der Waals surface area contributed by atoms with Gasteiger partial charge in [0, 0.05) is 11.6 Å². The molecular formula is C14H19NO. The minimum absolute atomic E-state index is 0.0583. The molecule has 2 heteroatoms. The summed E-state index contributed by atoms with van der Waals surface area (Å²) in [6, 6.07) is 8.34. The number of hydrogen-bond acceptors (Lipinski definition) is 1. The van der Waals surface area contributed by atoms with E-state index in [0.29, 0.717) is 6.04 Å². The summed E-state index contributed by atoms with van der Waals surface area (Å²) in [6.45, 7) is 6.52. The van der Waals surface area contributed by atoms with E-state index in [4.69, 9.17) is 0 Å². The first-order chi connectivity index (χ1) is 7.47. The van der Waals surface area contributed by atoms with E-state index in [-0.39, 0.29) is 11.3 Å². The van der Waals surface area contributed by atoms with Gasteiger partial charge in [-0.1, -0.05) is 32.9 Å². The fraction of sp³-hybridized carbons (Fsp3) is 0.500. The minimum Gasteiger partial charge on any atom is -0.349 e. The molecule has 1 aliphatic rings. The first kappa shape index (κ1) is 11.2.